The van der Waals surface area contributed by atoms with Crippen molar-refractivity contribution < 1.29 is 4.39 Å². The molecule has 18 heavy (non-hydrogen) atoms. The van der Waals surface area contributed by atoms with E-state index in [-0.39, 0.29) is 16.4 Å². The minimum atomic E-state index is -0.363. The van der Waals surface area contributed by atoms with E-state index in [1.807, 2.05) is 0 Å². The maximum absolute atomic E-state index is 13.4. The molecular formula is C14H18ClFN2. The fourth-order valence-electron chi connectivity index (χ4n) is 3.01. The number of hydrogen-bond donors (Lipinski definition) is 2. The Morgan fingerprint density at radius 3 is 2.72 bits per heavy atom. The molecule has 1 saturated carbocycles. The largest absolute Gasteiger partial charge is 0.381 e. The zero-order valence-electron chi connectivity index (χ0n) is 10.5. The first-order valence-corrected chi connectivity index (χ1v) is 6.97. The Morgan fingerprint density at radius 2 is 2.00 bits per heavy atom. The summed E-state index contributed by atoms with van der Waals surface area (Å²) >= 11 is 5.85. The zero-order chi connectivity index (χ0) is 12.8. The Balaban J connectivity index is 1.86. The zero-order valence-corrected chi connectivity index (χ0v) is 11.3. The van der Waals surface area contributed by atoms with Crippen LogP contribution in [0.5, 0.6) is 0 Å². The highest BCUT2D eigenvalue weighted by Crippen LogP contribution is 2.41. The Hall–Kier alpha value is -0.960. The molecule has 2 N–H and O–H groups in total. The van der Waals surface area contributed by atoms with Crippen molar-refractivity contribution in [2.75, 3.05) is 17.2 Å². The van der Waals surface area contributed by atoms with Crippen molar-refractivity contribution in [2.45, 2.75) is 38.1 Å². The molecule has 4 heteroatoms. The van der Waals surface area contributed by atoms with Crippen LogP contribution in [0.15, 0.2) is 12.1 Å². The molecule has 0 saturated heterocycles. The van der Waals surface area contributed by atoms with Gasteiger partial charge in [0, 0.05) is 12.6 Å². The summed E-state index contributed by atoms with van der Waals surface area (Å²) in [5, 5.41) is 7.12. The van der Waals surface area contributed by atoms with Gasteiger partial charge in [-0.2, -0.15) is 0 Å². The van der Waals surface area contributed by atoms with Crippen LogP contribution in [0.1, 0.15) is 32.6 Å². The SMILES string of the molecule is CC1CCC2(CC1)CNc1cc(F)c(Cl)cc1N2. The molecule has 0 bridgehead atoms. The summed E-state index contributed by atoms with van der Waals surface area (Å²) in [7, 11) is 0. The lowest BCUT2D eigenvalue weighted by Gasteiger charge is -2.44. The van der Waals surface area contributed by atoms with E-state index >= 15 is 0 Å². The lowest BCUT2D eigenvalue weighted by atomic mass is 9.76. The van der Waals surface area contributed by atoms with Gasteiger partial charge in [-0.3, -0.25) is 0 Å². The van der Waals surface area contributed by atoms with Crippen LogP contribution in [0.2, 0.25) is 5.02 Å². The third-order valence-corrected chi connectivity index (χ3v) is 4.60. The molecule has 0 unspecified atom stereocenters. The van der Waals surface area contributed by atoms with Crippen LogP contribution >= 0.6 is 11.6 Å². The number of rotatable bonds is 0. The summed E-state index contributed by atoms with van der Waals surface area (Å²) in [6.07, 6.45) is 4.82. The van der Waals surface area contributed by atoms with Gasteiger partial charge in [0.15, 0.2) is 0 Å². The van der Waals surface area contributed by atoms with Crippen LogP contribution in [-0.2, 0) is 0 Å². The van der Waals surface area contributed by atoms with Crippen molar-refractivity contribution in [3.8, 4) is 0 Å². The number of benzene rings is 1. The molecule has 1 spiro atoms. The van der Waals surface area contributed by atoms with Gasteiger partial charge < -0.3 is 10.6 Å². The van der Waals surface area contributed by atoms with Crippen molar-refractivity contribution in [1.29, 1.82) is 0 Å². The van der Waals surface area contributed by atoms with Crippen LogP contribution in [0, 0.1) is 11.7 Å². The topological polar surface area (TPSA) is 24.1 Å². The molecule has 2 nitrogen and oxygen atoms in total. The molecule has 0 radical (unpaired) electrons. The average molecular weight is 269 g/mol. The third-order valence-electron chi connectivity index (χ3n) is 4.31. The van der Waals surface area contributed by atoms with E-state index < -0.39 is 0 Å². The van der Waals surface area contributed by atoms with E-state index in [0.717, 1.165) is 36.7 Å². The summed E-state index contributed by atoms with van der Waals surface area (Å²) in [6.45, 7) is 3.18. The predicted octanol–water partition coefficient (Wildman–Crippen LogP) is 4.27. The van der Waals surface area contributed by atoms with E-state index in [1.54, 1.807) is 6.07 Å². The monoisotopic (exact) mass is 268 g/mol. The summed E-state index contributed by atoms with van der Waals surface area (Å²) in [5.41, 5.74) is 1.88. The molecule has 0 amide bonds. The van der Waals surface area contributed by atoms with Crippen molar-refractivity contribution >= 4 is 23.0 Å². The maximum atomic E-state index is 13.4. The Bertz CT molecular complexity index is 467. The van der Waals surface area contributed by atoms with Crippen LogP contribution in [0.4, 0.5) is 15.8 Å². The molecule has 98 valence electrons. The first kappa shape index (κ1) is 12.1. The standard InChI is InChI=1S/C14H18ClFN2/c1-9-2-4-14(5-3-9)8-17-12-7-11(16)10(15)6-13(12)18-14/h6-7,9,17-18H,2-5,8H2,1H3. The summed E-state index contributed by atoms with van der Waals surface area (Å²) in [6, 6.07) is 3.17. The summed E-state index contributed by atoms with van der Waals surface area (Å²) in [5.74, 6) is 0.452. The van der Waals surface area contributed by atoms with Gasteiger partial charge in [-0.25, -0.2) is 4.39 Å². The molecule has 1 fully saturated rings. The molecule has 1 aliphatic carbocycles. The van der Waals surface area contributed by atoms with Gasteiger partial charge in [-0.15, -0.1) is 0 Å². The minimum Gasteiger partial charge on any atom is -0.381 e. The molecule has 1 heterocycles. The molecule has 3 rings (SSSR count). The van der Waals surface area contributed by atoms with Gasteiger partial charge in [-0.1, -0.05) is 18.5 Å². The number of halogens is 2. The average Bonchev–Trinajstić information content (AvgIpc) is 2.36. The highest BCUT2D eigenvalue weighted by atomic mass is 35.5. The molecule has 1 aromatic carbocycles. The second-order valence-corrected chi connectivity index (χ2v) is 6.16. The minimum absolute atomic E-state index is 0.126. The van der Waals surface area contributed by atoms with E-state index in [4.69, 9.17) is 11.6 Å². The molecule has 1 aliphatic heterocycles. The van der Waals surface area contributed by atoms with Crippen LogP contribution < -0.4 is 10.6 Å². The van der Waals surface area contributed by atoms with Gasteiger partial charge in [0.1, 0.15) is 5.82 Å². The molecule has 0 atom stereocenters. The quantitative estimate of drug-likeness (QED) is 0.734. The smallest absolute Gasteiger partial charge is 0.143 e. The van der Waals surface area contributed by atoms with Crippen molar-refractivity contribution in [3.63, 3.8) is 0 Å². The van der Waals surface area contributed by atoms with Gasteiger partial charge in [0.2, 0.25) is 0 Å². The van der Waals surface area contributed by atoms with Gasteiger partial charge in [-0.05, 0) is 37.7 Å². The van der Waals surface area contributed by atoms with Gasteiger partial charge >= 0.3 is 0 Å². The number of hydrogen-bond acceptors (Lipinski definition) is 2. The lowest BCUT2D eigenvalue weighted by molar-refractivity contribution is 0.274. The number of nitrogens with one attached hydrogen (secondary N) is 2. The molecule has 2 aliphatic rings. The molecule has 0 aromatic heterocycles. The van der Waals surface area contributed by atoms with E-state index in [1.165, 1.54) is 18.9 Å². The summed E-state index contributed by atoms with van der Waals surface area (Å²) < 4.78 is 13.4. The van der Waals surface area contributed by atoms with Crippen LogP contribution in [-0.4, -0.2) is 12.1 Å². The van der Waals surface area contributed by atoms with E-state index in [2.05, 4.69) is 17.6 Å². The fraction of sp³-hybridized carbons (Fsp3) is 0.571. The van der Waals surface area contributed by atoms with E-state index in [9.17, 15) is 4.39 Å². The normalized spacial score (nSPS) is 30.5. The lowest BCUT2D eigenvalue weighted by Crippen LogP contribution is -2.50. The highest BCUT2D eigenvalue weighted by Gasteiger charge is 2.37. The van der Waals surface area contributed by atoms with Crippen LogP contribution in [0.3, 0.4) is 0 Å². The second kappa shape index (κ2) is 4.30. The first-order valence-electron chi connectivity index (χ1n) is 6.59. The fourth-order valence-corrected chi connectivity index (χ4v) is 3.17. The Morgan fingerprint density at radius 1 is 1.28 bits per heavy atom. The second-order valence-electron chi connectivity index (χ2n) is 5.75. The number of anilines is 2. The maximum Gasteiger partial charge on any atom is 0.143 e. The highest BCUT2D eigenvalue weighted by molar-refractivity contribution is 6.31. The van der Waals surface area contributed by atoms with E-state index in [0.29, 0.717) is 0 Å². The van der Waals surface area contributed by atoms with Crippen molar-refractivity contribution in [2.24, 2.45) is 5.92 Å². The Labute approximate surface area is 112 Å². The van der Waals surface area contributed by atoms with Gasteiger partial charge in [0.05, 0.1) is 21.9 Å². The third kappa shape index (κ3) is 2.05. The van der Waals surface area contributed by atoms with Crippen molar-refractivity contribution in [3.05, 3.63) is 23.0 Å². The summed E-state index contributed by atoms with van der Waals surface area (Å²) in [4.78, 5) is 0. The first-order chi connectivity index (χ1) is 8.58. The number of fused-ring (bicyclic) bond motifs is 1. The molecule has 1 aromatic rings. The predicted molar refractivity (Wildman–Crippen MR) is 73.9 cm³/mol. The van der Waals surface area contributed by atoms with Gasteiger partial charge in [0.25, 0.3) is 0 Å². The molecular weight excluding hydrogens is 251 g/mol. The van der Waals surface area contributed by atoms with Crippen LogP contribution in [0.25, 0.3) is 0 Å². The van der Waals surface area contributed by atoms with Crippen molar-refractivity contribution in [1.82, 2.24) is 0 Å². The Kier molecular flexibility index (Phi) is 2.89.